The molecule has 0 amide bonds. The lowest BCUT2D eigenvalue weighted by Gasteiger charge is -2.42. The van der Waals surface area contributed by atoms with E-state index in [4.69, 9.17) is 0 Å². The Bertz CT molecular complexity index is 889. The van der Waals surface area contributed by atoms with Gasteiger partial charge in [0.05, 0.1) is 11.2 Å². The van der Waals surface area contributed by atoms with Gasteiger partial charge in [0.1, 0.15) is 0 Å². The Hall–Kier alpha value is -2.68. The Kier molecular flexibility index (Phi) is 4.82. The van der Waals surface area contributed by atoms with Gasteiger partial charge in [-0.15, -0.1) is 0 Å². The highest BCUT2D eigenvalue weighted by Crippen LogP contribution is 2.38. The molecule has 3 nitrogen and oxygen atoms in total. The number of fused-ring (bicyclic) bond motifs is 1. The van der Waals surface area contributed by atoms with Gasteiger partial charge in [-0.3, -0.25) is 9.79 Å². The quantitative estimate of drug-likeness (QED) is 0.528. The first kappa shape index (κ1) is 18.1. The van der Waals surface area contributed by atoms with Crippen LogP contribution in [0.2, 0.25) is 0 Å². The van der Waals surface area contributed by atoms with E-state index in [1.54, 1.807) is 6.92 Å². The number of ketones is 1. The maximum absolute atomic E-state index is 11.4. The van der Waals surface area contributed by atoms with E-state index in [2.05, 4.69) is 61.9 Å². The topological polar surface area (TPSA) is 32.7 Å². The van der Waals surface area contributed by atoms with Crippen molar-refractivity contribution in [3.05, 3.63) is 65.2 Å². The zero-order valence-corrected chi connectivity index (χ0v) is 16.2. The van der Waals surface area contributed by atoms with Crippen LogP contribution in [0.25, 0.3) is 5.57 Å². The number of nitrogens with zero attached hydrogens (tertiary/aromatic N) is 2. The highest BCUT2D eigenvalue weighted by molar-refractivity contribution is 5.94. The molecule has 0 aliphatic carbocycles. The molecular weight excluding hydrogens is 320 g/mol. The van der Waals surface area contributed by atoms with Gasteiger partial charge in [0.2, 0.25) is 0 Å². The largest absolute Gasteiger partial charge is 0.363 e. The number of carbonyl (C=O) groups excluding carboxylic acids is 1. The van der Waals surface area contributed by atoms with Crippen molar-refractivity contribution in [1.29, 1.82) is 0 Å². The van der Waals surface area contributed by atoms with Crippen molar-refractivity contribution in [1.82, 2.24) is 0 Å². The molecule has 0 unspecified atom stereocenters. The van der Waals surface area contributed by atoms with E-state index < -0.39 is 0 Å². The zero-order valence-electron chi connectivity index (χ0n) is 16.2. The highest BCUT2D eigenvalue weighted by Gasteiger charge is 2.29. The summed E-state index contributed by atoms with van der Waals surface area (Å²) < 4.78 is 0. The molecule has 0 spiro atoms. The lowest BCUT2D eigenvalue weighted by atomic mass is 9.88. The van der Waals surface area contributed by atoms with Crippen LogP contribution in [-0.4, -0.2) is 24.1 Å². The van der Waals surface area contributed by atoms with Crippen LogP contribution >= 0.6 is 0 Å². The van der Waals surface area contributed by atoms with E-state index in [1.807, 2.05) is 30.5 Å². The van der Waals surface area contributed by atoms with Crippen LogP contribution in [0.15, 0.2) is 53.5 Å². The summed E-state index contributed by atoms with van der Waals surface area (Å²) in [6.45, 7) is 11.4. The number of Topliss-reactive ketones (excluding diaryl/α,β-unsaturated/α-hetero) is 1. The predicted molar refractivity (Wildman–Crippen MR) is 111 cm³/mol. The lowest BCUT2D eigenvalue weighted by molar-refractivity contribution is 0.101. The molecule has 0 fully saturated rings. The third-order valence-electron chi connectivity index (χ3n) is 4.95. The van der Waals surface area contributed by atoms with Crippen molar-refractivity contribution in [2.45, 2.75) is 40.2 Å². The molecule has 0 saturated heterocycles. The maximum atomic E-state index is 11.4. The zero-order chi connectivity index (χ0) is 18.9. The molecule has 2 aromatic carbocycles. The predicted octanol–water partition coefficient (Wildman–Crippen LogP) is 5.66. The van der Waals surface area contributed by atoms with E-state index in [-0.39, 0.29) is 11.3 Å². The first-order chi connectivity index (χ1) is 12.3. The van der Waals surface area contributed by atoms with E-state index in [9.17, 15) is 4.79 Å². The first-order valence-corrected chi connectivity index (χ1v) is 9.08. The number of aliphatic imine (C=N–C) groups is 1. The van der Waals surface area contributed by atoms with Gasteiger partial charge < -0.3 is 4.90 Å². The number of carbonyl (C=O) groups is 1. The fraction of sp³-hybridized carbons (Fsp3) is 0.304. The van der Waals surface area contributed by atoms with Crippen molar-refractivity contribution >= 4 is 28.9 Å². The minimum atomic E-state index is 0.0277. The molecule has 0 atom stereocenters. The molecular formula is C23H26N2O. The molecule has 3 rings (SSSR count). The minimum absolute atomic E-state index is 0.0277. The van der Waals surface area contributed by atoms with Crippen molar-refractivity contribution in [3.63, 3.8) is 0 Å². The molecule has 1 heterocycles. The fourth-order valence-corrected chi connectivity index (χ4v) is 3.69. The molecule has 1 aliphatic rings. The highest BCUT2D eigenvalue weighted by atomic mass is 16.1. The standard InChI is InChI=1S/C23H26N2O/c1-6-25-22-12-7-18(13-21(22)16(2)14-23(25,4)5)15-24-20-10-8-19(9-11-20)17(3)26/h7-15H,6H2,1-5H3. The summed E-state index contributed by atoms with van der Waals surface area (Å²) in [7, 11) is 0. The molecule has 0 N–H and O–H groups in total. The van der Waals surface area contributed by atoms with Crippen LogP contribution in [0, 0.1) is 0 Å². The SMILES string of the molecule is CCN1c2ccc(C=Nc3ccc(C(C)=O)cc3)cc2C(C)=CC1(C)C. The lowest BCUT2D eigenvalue weighted by Crippen LogP contribution is -2.44. The Labute approximate surface area is 156 Å². The number of rotatable bonds is 4. The molecule has 1 aliphatic heterocycles. The Morgan fingerprint density at radius 2 is 1.85 bits per heavy atom. The molecule has 134 valence electrons. The van der Waals surface area contributed by atoms with Gasteiger partial charge in [-0.25, -0.2) is 0 Å². The summed E-state index contributed by atoms with van der Waals surface area (Å²) >= 11 is 0. The van der Waals surface area contributed by atoms with E-state index in [1.165, 1.54) is 16.8 Å². The monoisotopic (exact) mass is 346 g/mol. The number of hydrogen-bond acceptors (Lipinski definition) is 3. The summed E-state index contributed by atoms with van der Waals surface area (Å²) in [5.74, 6) is 0.0703. The maximum Gasteiger partial charge on any atom is 0.159 e. The smallest absolute Gasteiger partial charge is 0.159 e. The number of benzene rings is 2. The van der Waals surface area contributed by atoms with Gasteiger partial charge in [0.25, 0.3) is 0 Å². The number of allylic oxidation sites excluding steroid dienone is 1. The van der Waals surface area contributed by atoms with Gasteiger partial charge in [-0.05, 0) is 82.2 Å². The molecule has 0 radical (unpaired) electrons. The number of anilines is 1. The number of hydrogen-bond donors (Lipinski definition) is 0. The normalized spacial score (nSPS) is 15.7. The van der Waals surface area contributed by atoms with Crippen molar-refractivity contribution in [2.75, 3.05) is 11.4 Å². The summed E-state index contributed by atoms with van der Waals surface area (Å²) in [6.07, 6.45) is 4.21. The Morgan fingerprint density at radius 3 is 2.46 bits per heavy atom. The van der Waals surface area contributed by atoms with Gasteiger partial charge in [0.15, 0.2) is 5.78 Å². The van der Waals surface area contributed by atoms with Gasteiger partial charge in [-0.1, -0.05) is 12.1 Å². The molecule has 26 heavy (non-hydrogen) atoms. The van der Waals surface area contributed by atoms with Crippen LogP contribution in [0.5, 0.6) is 0 Å². The van der Waals surface area contributed by atoms with Gasteiger partial charge in [0, 0.05) is 29.6 Å². The summed E-state index contributed by atoms with van der Waals surface area (Å²) in [6, 6.07) is 13.9. The average molecular weight is 346 g/mol. The minimum Gasteiger partial charge on any atom is -0.363 e. The second kappa shape index (κ2) is 6.91. The molecule has 0 bridgehead atoms. The van der Waals surface area contributed by atoms with Crippen LogP contribution in [0.4, 0.5) is 11.4 Å². The van der Waals surface area contributed by atoms with Crippen molar-refractivity contribution in [2.24, 2.45) is 4.99 Å². The van der Waals surface area contributed by atoms with E-state index >= 15 is 0 Å². The van der Waals surface area contributed by atoms with Crippen LogP contribution < -0.4 is 4.90 Å². The molecule has 3 heteroatoms. The summed E-state index contributed by atoms with van der Waals surface area (Å²) in [4.78, 5) is 18.3. The molecule has 0 aromatic heterocycles. The fourth-order valence-electron chi connectivity index (χ4n) is 3.69. The number of likely N-dealkylation sites (N-methyl/N-ethyl adjacent to an activating group) is 1. The second-order valence-electron chi connectivity index (χ2n) is 7.36. The molecule has 0 saturated carbocycles. The van der Waals surface area contributed by atoms with Gasteiger partial charge in [-0.2, -0.15) is 0 Å². The van der Waals surface area contributed by atoms with Crippen LogP contribution in [0.1, 0.15) is 56.1 Å². The van der Waals surface area contributed by atoms with E-state index in [0.717, 1.165) is 17.8 Å². The average Bonchev–Trinajstić information content (AvgIpc) is 2.60. The molecule has 2 aromatic rings. The second-order valence-corrected chi connectivity index (χ2v) is 7.36. The first-order valence-electron chi connectivity index (χ1n) is 9.08. The summed E-state index contributed by atoms with van der Waals surface area (Å²) in [5.41, 5.74) is 6.50. The van der Waals surface area contributed by atoms with Crippen LogP contribution in [0.3, 0.4) is 0 Å². The van der Waals surface area contributed by atoms with Gasteiger partial charge >= 0.3 is 0 Å². The summed E-state index contributed by atoms with van der Waals surface area (Å²) in [5, 5.41) is 0. The van der Waals surface area contributed by atoms with Crippen LogP contribution in [-0.2, 0) is 0 Å². The third kappa shape index (κ3) is 3.48. The third-order valence-corrected chi connectivity index (χ3v) is 4.95. The van der Waals surface area contributed by atoms with E-state index in [0.29, 0.717) is 5.56 Å². The Morgan fingerprint density at radius 1 is 1.15 bits per heavy atom. The van der Waals surface area contributed by atoms with Crippen molar-refractivity contribution in [3.8, 4) is 0 Å². The Balaban J connectivity index is 1.89. The van der Waals surface area contributed by atoms with Crippen molar-refractivity contribution < 1.29 is 4.79 Å².